The summed E-state index contributed by atoms with van der Waals surface area (Å²) in [5, 5.41) is 0. The summed E-state index contributed by atoms with van der Waals surface area (Å²) < 4.78 is 5.43. The first kappa shape index (κ1) is 4.32. The molecule has 0 aromatic carbocycles. The zero-order valence-corrected chi connectivity index (χ0v) is 3.95. The highest BCUT2D eigenvalue weighted by Gasteiger charge is 1.91. The number of nitrogens with one attached hydrogen (secondary N) is 1. The maximum atomic E-state index is 10.0. The summed E-state index contributed by atoms with van der Waals surface area (Å²) in [6.07, 6.45) is 0. The fourth-order valence-corrected chi connectivity index (χ4v) is 0.498. The van der Waals surface area contributed by atoms with Gasteiger partial charge in [0.15, 0.2) is 0 Å². The van der Waals surface area contributed by atoms with Crippen molar-refractivity contribution in [3.05, 3.63) is 20.0 Å². The lowest BCUT2D eigenvalue weighted by Crippen LogP contribution is -2.12. The van der Waals surface area contributed by atoms with Crippen LogP contribution in [0.4, 0.5) is 0 Å². The van der Waals surface area contributed by atoms with Gasteiger partial charge in [-0.1, -0.05) is 0 Å². The Kier molecular flexibility index (Phi) is 0.828. The van der Waals surface area contributed by atoms with Gasteiger partial charge in [-0.05, 0) is 0 Å². The van der Waals surface area contributed by atoms with Crippen molar-refractivity contribution in [3.63, 3.8) is 0 Å². The van der Waals surface area contributed by atoms with Gasteiger partial charge in [0.1, 0.15) is 0 Å². The Morgan fingerprint density at radius 3 is 2.43 bits per heavy atom. The van der Waals surface area contributed by atoms with E-state index in [2.05, 4.69) is 4.52 Å². The lowest BCUT2D eigenvalue weighted by Gasteiger charge is -1.50. The molecule has 0 atom stereocenters. The van der Waals surface area contributed by atoms with Crippen molar-refractivity contribution >= 4 is 11.5 Å². The van der Waals surface area contributed by atoms with Crippen LogP contribution in [0.15, 0.2) is 14.1 Å². The van der Waals surface area contributed by atoms with Crippen molar-refractivity contribution in [1.82, 2.24) is 4.55 Å². The quantitative estimate of drug-likeness (QED) is 0.463. The molecule has 0 saturated heterocycles. The Balaban J connectivity index is 3.71. The molecule has 0 spiro atoms. The van der Waals surface area contributed by atoms with E-state index in [4.69, 9.17) is 0 Å². The molecule has 0 aliphatic carbocycles. The van der Waals surface area contributed by atoms with Crippen LogP contribution in [0.2, 0.25) is 0 Å². The first-order chi connectivity index (χ1) is 3.30. The molecule has 1 rings (SSSR count). The Morgan fingerprint density at radius 2 is 2.29 bits per heavy atom. The molecule has 0 fully saturated rings. The molecule has 0 amide bonds. The van der Waals surface area contributed by atoms with Gasteiger partial charge in [-0.15, -0.1) is 0 Å². The Hall–Kier alpha value is -0.840. The zero-order valence-electron chi connectivity index (χ0n) is 3.13. The molecule has 0 aliphatic heterocycles. The molecule has 0 radical (unpaired) electrons. The van der Waals surface area contributed by atoms with Crippen molar-refractivity contribution < 1.29 is 4.52 Å². The van der Waals surface area contributed by atoms with Crippen LogP contribution < -0.4 is 10.4 Å². The van der Waals surface area contributed by atoms with Crippen LogP contribution >= 0.6 is 11.5 Å². The Labute approximate surface area is 41.5 Å². The van der Waals surface area contributed by atoms with E-state index in [1.54, 1.807) is 0 Å². The van der Waals surface area contributed by atoms with Gasteiger partial charge in [0.25, 0.3) is 0 Å². The SMILES string of the molecule is O=c1o[nH]sc1=O. The van der Waals surface area contributed by atoms with Crippen molar-refractivity contribution in [2.24, 2.45) is 0 Å². The second-order valence-corrected chi connectivity index (χ2v) is 1.60. The predicted octanol–water partition coefficient (Wildman–Crippen LogP) is -0.610. The lowest BCUT2D eigenvalue weighted by molar-refractivity contribution is 0.404. The van der Waals surface area contributed by atoms with Crippen LogP contribution in [0.3, 0.4) is 0 Å². The molecule has 0 aliphatic rings. The summed E-state index contributed by atoms with van der Waals surface area (Å²) in [4.78, 5) is 19.9. The highest BCUT2D eigenvalue weighted by Crippen LogP contribution is 1.64. The van der Waals surface area contributed by atoms with Gasteiger partial charge in [-0.25, -0.2) is 4.79 Å². The minimum absolute atomic E-state index is 0.597. The topological polar surface area (TPSA) is 63.1 Å². The standard InChI is InChI=1S/C2HNO3S/c4-1-2(5)7-3-6-1/h3H. The molecule has 4 nitrogen and oxygen atoms in total. The fraction of sp³-hybridized carbons (Fsp3) is 0. The predicted molar refractivity (Wildman–Crippen MR) is 23.5 cm³/mol. The molecule has 0 saturated carbocycles. The molecule has 0 bridgehead atoms. The van der Waals surface area contributed by atoms with Crippen LogP contribution in [0, 0.1) is 0 Å². The third-order valence-corrected chi connectivity index (χ3v) is 0.954. The van der Waals surface area contributed by atoms with Crippen molar-refractivity contribution in [3.8, 4) is 0 Å². The van der Waals surface area contributed by atoms with E-state index in [-0.39, 0.29) is 0 Å². The minimum atomic E-state index is -0.829. The van der Waals surface area contributed by atoms with Crippen molar-refractivity contribution in [2.45, 2.75) is 0 Å². The van der Waals surface area contributed by atoms with E-state index >= 15 is 0 Å². The van der Waals surface area contributed by atoms with Gasteiger partial charge in [0.2, 0.25) is 0 Å². The molecule has 0 unspecified atom stereocenters. The van der Waals surface area contributed by atoms with Gasteiger partial charge in [-0.2, -0.15) is 4.55 Å². The van der Waals surface area contributed by atoms with E-state index < -0.39 is 10.4 Å². The maximum absolute atomic E-state index is 10.0. The summed E-state index contributed by atoms with van der Waals surface area (Å²) >= 11 is 0.645. The summed E-state index contributed by atoms with van der Waals surface area (Å²) in [7, 11) is 0. The van der Waals surface area contributed by atoms with Crippen LogP contribution in [-0.4, -0.2) is 4.55 Å². The Bertz CT molecular complexity index is 217. The van der Waals surface area contributed by atoms with Gasteiger partial charge >= 0.3 is 10.4 Å². The normalized spacial score (nSPS) is 9.14. The number of hydrogen-bond donors (Lipinski definition) is 1. The largest absolute Gasteiger partial charge is 0.416 e. The molecule has 1 aromatic rings. The molecule has 38 valence electrons. The molecular formula is C2HNO3S. The average Bonchev–Trinajstić information content (AvgIpc) is 1.91. The summed E-state index contributed by atoms with van der Waals surface area (Å²) in [6, 6.07) is 0. The van der Waals surface area contributed by atoms with E-state index in [1.807, 2.05) is 4.55 Å². The molecule has 5 heteroatoms. The summed E-state index contributed by atoms with van der Waals surface area (Å²) in [5.41, 5.74) is -0.829. The monoisotopic (exact) mass is 119 g/mol. The van der Waals surface area contributed by atoms with Crippen LogP contribution in [-0.2, 0) is 0 Å². The lowest BCUT2D eigenvalue weighted by atomic mass is 11.0. The number of H-pyrrole nitrogens is 1. The minimum Gasteiger partial charge on any atom is -0.324 e. The van der Waals surface area contributed by atoms with E-state index in [9.17, 15) is 9.59 Å². The summed E-state index contributed by atoms with van der Waals surface area (Å²) in [5.74, 6) is 0. The van der Waals surface area contributed by atoms with E-state index in [1.165, 1.54) is 0 Å². The zero-order chi connectivity index (χ0) is 5.28. The van der Waals surface area contributed by atoms with Gasteiger partial charge < -0.3 is 4.52 Å². The number of aromatic nitrogens is 1. The smallest absolute Gasteiger partial charge is 0.324 e. The van der Waals surface area contributed by atoms with Crippen molar-refractivity contribution in [2.75, 3.05) is 0 Å². The number of hydrogen-bond acceptors (Lipinski definition) is 4. The van der Waals surface area contributed by atoms with Gasteiger partial charge in [0.05, 0.1) is 0 Å². The van der Waals surface area contributed by atoms with Crippen LogP contribution in [0.1, 0.15) is 0 Å². The van der Waals surface area contributed by atoms with E-state index in [0.29, 0.717) is 11.5 Å². The molecule has 1 heterocycles. The fourth-order valence-electron chi connectivity index (χ4n) is 0.180. The third kappa shape index (κ3) is 0.614. The molecule has 7 heavy (non-hydrogen) atoms. The van der Waals surface area contributed by atoms with Gasteiger partial charge in [-0.3, -0.25) is 4.79 Å². The molecule has 1 aromatic heterocycles. The first-order valence-corrected chi connectivity index (χ1v) is 2.29. The second-order valence-electron chi connectivity index (χ2n) is 0.862. The average molecular weight is 119 g/mol. The third-order valence-electron chi connectivity index (χ3n) is 0.435. The van der Waals surface area contributed by atoms with Crippen LogP contribution in [0.25, 0.3) is 0 Å². The van der Waals surface area contributed by atoms with Gasteiger partial charge in [0, 0.05) is 11.5 Å². The Morgan fingerprint density at radius 1 is 1.57 bits per heavy atom. The summed E-state index contributed by atoms with van der Waals surface area (Å²) in [6.45, 7) is 0. The second kappa shape index (κ2) is 1.34. The molecular weight excluding hydrogens is 118 g/mol. The molecule has 1 N–H and O–H groups in total. The number of aromatic amines is 1. The van der Waals surface area contributed by atoms with E-state index in [0.717, 1.165) is 0 Å². The number of rotatable bonds is 0. The first-order valence-electron chi connectivity index (χ1n) is 1.47. The van der Waals surface area contributed by atoms with Crippen molar-refractivity contribution in [1.29, 1.82) is 0 Å². The highest BCUT2D eigenvalue weighted by molar-refractivity contribution is 7.02. The highest BCUT2D eigenvalue weighted by atomic mass is 32.1. The van der Waals surface area contributed by atoms with Crippen LogP contribution in [0.5, 0.6) is 0 Å². The maximum Gasteiger partial charge on any atom is 0.416 e.